The number of amides is 1. The Kier molecular flexibility index (Phi) is 6.46. The molecule has 5 N–H and O–H groups in total. The number of carboxylic acids is 1. The van der Waals surface area contributed by atoms with E-state index in [9.17, 15) is 14.7 Å². The molecule has 0 fully saturated rings. The Hall–Kier alpha value is -3.27. The van der Waals surface area contributed by atoms with Gasteiger partial charge in [0.2, 0.25) is 5.91 Å². The van der Waals surface area contributed by atoms with Crippen molar-refractivity contribution in [2.24, 2.45) is 10.9 Å². The molecule has 30 heavy (non-hydrogen) atoms. The number of aromatic nitrogens is 1. The van der Waals surface area contributed by atoms with Crippen LogP contribution in [-0.2, 0) is 14.4 Å². The average Bonchev–Trinajstić information content (AvgIpc) is 3.28. The first-order chi connectivity index (χ1) is 14.2. The number of aliphatic carboxylic acids is 1. The van der Waals surface area contributed by atoms with Gasteiger partial charge in [0.25, 0.3) is 0 Å². The van der Waals surface area contributed by atoms with Crippen LogP contribution in [0.1, 0.15) is 45.5 Å². The third kappa shape index (κ3) is 5.01. The maximum absolute atomic E-state index is 12.3. The van der Waals surface area contributed by atoms with E-state index in [1.54, 1.807) is 31.2 Å². The molecule has 1 aliphatic heterocycles. The molecule has 2 aromatic rings. The fraction of sp³-hybridized carbons (Fsp3) is 0.350. The number of nitrogens with zero attached hydrogens (tertiary/aromatic N) is 2. The standard InChI is InChI=1S/C20H23N5O4S/c1-10-18(30-11(2)24-10)15(20(27)28)9-23-17(26)8-14-7-16(25-29-14)12-3-5-13(6-4-12)19(21)22/h3-6,14-15H,7-9H2,1-2H3,(H3,21,22)(H,23,26)(H,27,28)/t14?,15-/m1/s1. The Morgan fingerprint density at radius 1 is 1.37 bits per heavy atom. The molecule has 0 saturated heterocycles. The number of oxime groups is 1. The van der Waals surface area contributed by atoms with Crippen LogP contribution in [0.25, 0.3) is 0 Å². The Bertz CT molecular complexity index is 999. The van der Waals surface area contributed by atoms with Gasteiger partial charge in [0.1, 0.15) is 17.9 Å². The second-order valence-corrected chi connectivity index (χ2v) is 8.28. The van der Waals surface area contributed by atoms with Crippen LogP contribution in [-0.4, -0.2) is 46.2 Å². The Morgan fingerprint density at radius 3 is 2.63 bits per heavy atom. The van der Waals surface area contributed by atoms with Gasteiger partial charge in [-0.1, -0.05) is 29.4 Å². The lowest BCUT2D eigenvalue weighted by atomic mass is 10.0. The maximum atomic E-state index is 12.3. The largest absolute Gasteiger partial charge is 0.481 e. The minimum Gasteiger partial charge on any atom is -0.481 e. The van der Waals surface area contributed by atoms with Crippen molar-refractivity contribution in [3.05, 3.63) is 51.0 Å². The first-order valence-electron chi connectivity index (χ1n) is 9.35. The first kappa shape index (κ1) is 21.4. The molecule has 9 nitrogen and oxygen atoms in total. The number of nitrogens with one attached hydrogen (secondary N) is 2. The van der Waals surface area contributed by atoms with Crippen LogP contribution in [0.3, 0.4) is 0 Å². The number of thiazole rings is 1. The predicted molar refractivity (Wildman–Crippen MR) is 113 cm³/mol. The molecule has 10 heteroatoms. The minimum atomic E-state index is -1.00. The zero-order chi connectivity index (χ0) is 21.8. The van der Waals surface area contributed by atoms with E-state index in [1.165, 1.54) is 11.3 Å². The Morgan fingerprint density at radius 2 is 2.07 bits per heavy atom. The summed E-state index contributed by atoms with van der Waals surface area (Å²) in [6, 6.07) is 7.07. The van der Waals surface area contributed by atoms with E-state index in [4.69, 9.17) is 16.0 Å². The Balaban J connectivity index is 1.52. The highest BCUT2D eigenvalue weighted by Gasteiger charge is 2.28. The number of carbonyl (C=O) groups excluding carboxylic acids is 1. The fourth-order valence-corrected chi connectivity index (χ4v) is 4.23. The van der Waals surface area contributed by atoms with Crippen LogP contribution >= 0.6 is 11.3 Å². The van der Waals surface area contributed by atoms with Gasteiger partial charge in [0, 0.05) is 23.4 Å². The van der Waals surface area contributed by atoms with E-state index >= 15 is 0 Å². The van der Waals surface area contributed by atoms with Crippen molar-refractivity contribution in [3.63, 3.8) is 0 Å². The summed E-state index contributed by atoms with van der Waals surface area (Å²) in [6.07, 6.45) is 0.122. The lowest BCUT2D eigenvalue weighted by Gasteiger charge is -2.14. The summed E-state index contributed by atoms with van der Waals surface area (Å²) in [6.45, 7) is 3.58. The van der Waals surface area contributed by atoms with Gasteiger partial charge in [0.15, 0.2) is 0 Å². The summed E-state index contributed by atoms with van der Waals surface area (Å²) in [5.74, 6) is -2.15. The van der Waals surface area contributed by atoms with Crippen LogP contribution in [0.5, 0.6) is 0 Å². The molecule has 0 bridgehead atoms. The van der Waals surface area contributed by atoms with Gasteiger partial charge in [-0.15, -0.1) is 11.3 Å². The molecule has 1 aromatic heterocycles. The number of carboxylic acid groups (broad SMARTS) is 1. The summed E-state index contributed by atoms with van der Waals surface area (Å²) in [5, 5.41) is 24.5. The van der Waals surface area contributed by atoms with Gasteiger partial charge in [-0.25, -0.2) is 4.98 Å². The second kappa shape index (κ2) is 9.04. The minimum absolute atomic E-state index is 0.0101. The number of benzene rings is 1. The topological polar surface area (TPSA) is 151 Å². The second-order valence-electron chi connectivity index (χ2n) is 7.04. The molecular formula is C20H23N5O4S. The molecule has 0 saturated carbocycles. The van der Waals surface area contributed by atoms with E-state index in [1.807, 2.05) is 6.92 Å². The zero-order valence-electron chi connectivity index (χ0n) is 16.6. The van der Waals surface area contributed by atoms with E-state index in [0.717, 1.165) is 10.6 Å². The number of hydrogen-bond acceptors (Lipinski definition) is 7. The van der Waals surface area contributed by atoms with Crippen molar-refractivity contribution in [3.8, 4) is 0 Å². The highest BCUT2D eigenvalue weighted by molar-refractivity contribution is 7.11. The molecular weight excluding hydrogens is 406 g/mol. The number of amidine groups is 1. The van der Waals surface area contributed by atoms with Crippen LogP contribution in [0.2, 0.25) is 0 Å². The van der Waals surface area contributed by atoms with Crippen LogP contribution < -0.4 is 11.1 Å². The van der Waals surface area contributed by atoms with Crippen LogP contribution in [0.15, 0.2) is 29.4 Å². The van der Waals surface area contributed by atoms with E-state index in [2.05, 4.69) is 15.5 Å². The number of nitrogen functional groups attached to an aromatic ring is 1. The molecule has 0 radical (unpaired) electrons. The van der Waals surface area contributed by atoms with Gasteiger partial charge < -0.3 is 21.0 Å². The molecule has 1 aromatic carbocycles. The molecule has 1 aliphatic rings. The third-order valence-corrected chi connectivity index (χ3v) is 5.92. The van der Waals surface area contributed by atoms with Crippen molar-refractivity contribution in [2.75, 3.05) is 6.54 Å². The molecule has 2 heterocycles. The van der Waals surface area contributed by atoms with Crippen molar-refractivity contribution in [1.82, 2.24) is 10.3 Å². The fourth-order valence-electron chi connectivity index (χ4n) is 3.21. The van der Waals surface area contributed by atoms with E-state index in [0.29, 0.717) is 28.3 Å². The normalized spacial score (nSPS) is 16.5. The quantitative estimate of drug-likeness (QED) is 0.372. The number of aryl methyl sites for hydroxylation is 2. The number of hydrogen-bond donors (Lipinski definition) is 4. The number of nitrogens with two attached hydrogens (primary N) is 1. The third-order valence-electron chi connectivity index (χ3n) is 4.73. The molecule has 3 rings (SSSR count). The number of carbonyl (C=O) groups is 2. The molecule has 0 aliphatic carbocycles. The monoisotopic (exact) mass is 429 g/mol. The average molecular weight is 430 g/mol. The predicted octanol–water partition coefficient (Wildman–Crippen LogP) is 1.91. The summed E-state index contributed by atoms with van der Waals surface area (Å²) < 4.78 is 0. The summed E-state index contributed by atoms with van der Waals surface area (Å²) in [5.41, 5.74) is 8.29. The van der Waals surface area contributed by atoms with E-state index < -0.39 is 18.0 Å². The van der Waals surface area contributed by atoms with Crippen LogP contribution in [0, 0.1) is 19.3 Å². The lowest BCUT2D eigenvalue weighted by molar-refractivity contribution is -0.138. The molecule has 0 spiro atoms. The highest BCUT2D eigenvalue weighted by Crippen LogP contribution is 2.26. The SMILES string of the molecule is Cc1nc(C)c([C@@H](CNC(=O)CC2CC(c3ccc(C(=N)N)cc3)=NO2)C(=O)O)s1. The van der Waals surface area contributed by atoms with Crippen molar-refractivity contribution in [2.45, 2.75) is 38.7 Å². The Labute approximate surface area is 177 Å². The van der Waals surface area contributed by atoms with Gasteiger partial charge in [-0.05, 0) is 19.4 Å². The highest BCUT2D eigenvalue weighted by atomic mass is 32.1. The maximum Gasteiger partial charge on any atom is 0.313 e. The van der Waals surface area contributed by atoms with Gasteiger partial charge >= 0.3 is 5.97 Å². The van der Waals surface area contributed by atoms with Crippen molar-refractivity contribution in [1.29, 1.82) is 5.41 Å². The summed E-state index contributed by atoms with van der Waals surface area (Å²) in [4.78, 5) is 34.3. The molecule has 1 unspecified atom stereocenters. The molecule has 2 atom stereocenters. The molecule has 1 amide bonds. The van der Waals surface area contributed by atoms with Gasteiger partial charge in [-0.2, -0.15) is 0 Å². The number of rotatable bonds is 8. The van der Waals surface area contributed by atoms with Gasteiger partial charge in [0.05, 0.1) is 22.8 Å². The van der Waals surface area contributed by atoms with E-state index in [-0.39, 0.29) is 24.7 Å². The van der Waals surface area contributed by atoms with Gasteiger partial charge in [-0.3, -0.25) is 15.0 Å². The smallest absolute Gasteiger partial charge is 0.313 e. The van der Waals surface area contributed by atoms with Crippen LogP contribution in [0.4, 0.5) is 0 Å². The van der Waals surface area contributed by atoms with Crippen molar-refractivity contribution < 1.29 is 19.5 Å². The zero-order valence-corrected chi connectivity index (χ0v) is 17.5. The van der Waals surface area contributed by atoms with Crippen molar-refractivity contribution >= 4 is 34.8 Å². The lowest BCUT2D eigenvalue weighted by Crippen LogP contribution is -2.33. The molecule has 158 valence electrons. The summed E-state index contributed by atoms with van der Waals surface area (Å²) in [7, 11) is 0. The summed E-state index contributed by atoms with van der Waals surface area (Å²) >= 11 is 1.33. The first-order valence-corrected chi connectivity index (χ1v) is 10.2.